The van der Waals surface area contributed by atoms with E-state index < -0.39 is 5.91 Å². The number of aromatic nitrogens is 2. The van der Waals surface area contributed by atoms with Crippen molar-refractivity contribution < 1.29 is 14.3 Å². The van der Waals surface area contributed by atoms with E-state index in [0.717, 1.165) is 0 Å². The average Bonchev–Trinajstić information content (AvgIpc) is 3.06. The molecule has 0 saturated heterocycles. The molecule has 0 bridgehead atoms. The van der Waals surface area contributed by atoms with Crippen LogP contribution in [0.5, 0.6) is 11.5 Å². The molecule has 24 heavy (non-hydrogen) atoms. The fraction of sp³-hybridized carbons (Fsp3) is 0.188. The number of aryl methyl sites for hydroxylation is 1. The molecule has 0 radical (unpaired) electrons. The summed E-state index contributed by atoms with van der Waals surface area (Å²) in [5.74, 6) is 0.474. The Balaban J connectivity index is 2.00. The lowest BCUT2D eigenvalue weighted by atomic mass is 10.1. The molecule has 0 atom stereocenters. The van der Waals surface area contributed by atoms with Gasteiger partial charge in [-0.2, -0.15) is 0 Å². The average molecular weight is 345 g/mol. The molecule has 0 aliphatic heterocycles. The van der Waals surface area contributed by atoms with Crippen molar-refractivity contribution in [3.63, 3.8) is 0 Å². The van der Waals surface area contributed by atoms with Gasteiger partial charge >= 0.3 is 0 Å². The minimum absolute atomic E-state index is 0.147. The number of methoxy groups -OCH3 is 2. The van der Waals surface area contributed by atoms with Gasteiger partial charge in [0.05, 0.1) is 25.5 Å². The summed E-state index contributed by atoms with van der Waals surface area (Å²) in [5, 5.41) is 4.40. The molecule has 1 N–H and O–H groups in total. The first-order valence-corrected chi connectivity index (χ1v) is 7.93. The Hall–Kier alpha value is -2.87. The zero-order chi connectivity index (χ0) is 17.3. The summed E-state index contributed by atoms with van der Waals surface area (Å²) in [6, 6.07) is 4.84. The van der Waals surface area contributed by atoms with E-state index in [1.165, 1.54) is 30.0 Å². The van der Waals surface area contributed by atoms with Crippen LogP contribution < -0.4 is 20.3 Å². The van der Waals surface area contributed by atoms with E-state index in [2.05, 4.69) is 10.3 Å². The van der Waals surface area contributed by atoms with E-state index in [1.807, 2.05) is 0 Å². The van der Waals surface area contributed by atoms with Crippen molar-refractivity contribution in [3.05, 3.63) is 51.4 Å². The van der Waals surface area contributed by atoms with Crippen LogP contribution in [0.4, 0.5) is 5.69 Å². The second kappa shape index (κ2) is 6.32. The first kappa shape index (κ1) is 16.0. The number of rotatable bonds is 4. The molecule has 2 aromatic heterocycles. The molecule has 0 unspecified atom stereocenters. The van der Waals surface area contributed by atoms with Gasteiger partial charge in [-0.1, -0.05) is 0 Å². The maximum absolute atomic E-state index is 12.6. The molecule has 3 aromatic rings. The zero-order valence-corrected chi connectivity index (χ0v) is 14.1. The van der Waals surface area contributed by atoms with Gasteiger partial charge in [0.15, 0.2) is 4.96 Å². The van der Waals surface area contributed by atoms with E-state index in [4.69, 9.17) is 9.47 Å². The normalized spacial score (nSPS) is 10.6. The minimum atomic E-state index is -0.452. The number of carbonyl (C=O) groups excluding carboxylic acids is 1. The number of amides is 1. The first-order chi connectivity index (χ1) is 11.5. The monoisotopic (exact) mass is 345 g/mol. The van der Waals surface area contributed by atoms with E-state index in [-0.39, 0.29) is 11.2 Å². The molecule has 0 fully saturated rings. The second-order valence-corrected chi connectivity index (χ2v) is 5.83. The summed E-state index contributed by atoms with van der Waals surface area (Å²) in [7, 11) is 2.99. The molecule has 0 aliphatic carbocycles. The summed E-state index contributed by atoms with van der Waals surface area (Å²) < 4.78 is 11.7. The van der Waals surface area contributed by atoms with Crippen LogP contribution in [-0.4, -0.2) is 29.5 Å². The Morgan fingerprint density at radius 2 is 2.08 bits per heavy atom. The summed E-state index contributed by atoms with van der Waals surface area (Å²) >= 11 is 1.36. The van der Waals surface area contributed by atoms with Crippen molar-refractivity contribution in [2.24, 2.45) is 0 Å². The van der Waals surface area contributed by atoms with Crippen molar-refractivity contribution in [1.29, 1.82) is 0 Å². The third-order valence-electron chi connectivity index (χ3n) is 3.54. The van der Waals surface area contributed by atoms with Gasteiger partial charge in [0.25, 0.3) is 11.5 Å². The molecule has 3 rings (SSSR count). The minimum Gasteiger partial charge on any atom is -0.497 e. The highest BCUT2D eigenvalue weighted by Gasteiger charge is 2.18. The molecule has 8 heteroatoms. The SMILES string of the molecule is COc1ccc(C(=O)Nc2c(C)nc3sccn3c2=O)c(OC)c1. The van der Waals surface area contributed by atoms with Crippen molar-refractivity contribution in [3.8, 4) is 11.5 Å². The lowest BCUT2D eigenvalue weighted by molar-refractivity contribution is 0.102. The second-order valence-electron chi connectivity index (χ2n) is 4.95. The van der Waals surface area contributed by atoms with Crippen LogP contribution in [-0.2, 0) is 0 Å². The van der Waals surface area contributed by atoms with Crippen LogP contribution in [0, 0.1) is 6.92 Å². The number of nitrogens with zero attached hydrogens (tertiary/aromatic N) is 2. The molecule has 1 amide bonds. The number of carbonyl (C=O) groups is 1. The van der Waals surface area contributed by atoms with E-state index in [1.54, 1.807) is 36.7 Å². The van der Waals surface area contributed by atoms with Crippen molar-refractivity contribution in [2.45, 2.75) is 6.92 Å². The van der Waals surface area contributed by atoms with E-state index in [9.17, 15) is 9.59 Å². The fourth-order valence-electron chi connectivity index (χ4n) is 2.29. The number of nitrogens with one attached hydrogen (secondary N) is 1. The number of hydrogen-bond acceptors (Lipinski definition) is 6. The van der Waals surface area contributed by atoms with E-state index in [0.29, 0.717) is 27.7 Å². The molecule has 124 valence electrons. The van der Waals surface area contributed by atoms with E-state index >= 15 is 0 Å². The quantitative estimate of drug-likeness (QED) is 0.785. The van der Waals surface area contributed by atoms with Crippen LogP contribution in [0.25, 0.3) is 4.96 Å². The van der Waals surface area contributed by atoms with Crippen molar-refractivity contribution in [2.75, 3.05) is 19.5 Å². The molecule has 0 saturated carbocycles. The predicted molar refractivity (Wildman–Crippen MR) is 91.6 cm³/mol. The third kappa shape index (κ3) is 2.71. The van der Waals surface area contributed by atoms with Crippen molar-refractivity contribution in [1.82, 2.24) is 9.38 Å². The number of ether oxygens (including phenoxy) is 2. The van der Waals surface area contributed by atoms with Gasteiger partial charge in [-0.25, -0.2) is 4.98 Å². The lowest BCUT2D eigenvalue weighted by Gasteiger charge is -2.11. The van der Waals surface area contributed by atoms with Crippen LogP contribution in [0.15, 0.2) is 34.6 Å². The topological polar surface area (TPSA) is 81.9 Å². The van der Waals surface area contributed by atoms with Crippen LogP contribution in [0.3, 0.4) is 0 Å². The van der Waals surface area contributed by atoms with Crippen LogP contribution in [0.2, 0.25) is 0 Å². The van der Waals surface area contributed by atoms with Gasteiger partial charge < -0.3 is 14.8 Å². The van der Waals surface area contributed by atoms with Gasteiger partial charge in [0, 0.05) is 17.6 Å². The molecule has 7 nitrogen and oxygen atoms in total. The smallest absolute Gasteiger partial charge is 0.282 e. The molecular weight excluding hydrogens is 330 g/mol. The van der Waals surface area contributed by atoms with Gasteiger partial charge in [0.1, 0.15) is 17.2 Å². The summed E-state index contributed by atoms with van der Waals surface area (Å²) in [6.45, 7) is 1.68. The summed E-state index contributed by atoms with van der Waals surface area (Å²) in [4.78, 5) is 30.0. The maximum atomic E-state index is 12.6. The number of fused-ring (bicyclic) bond motifs is 1. The van der Waals surface area contributed by atoms with Gasteiger partial charge in [-0.15, -0.1) is 11.3 Å². The van der Waals surface area contributed by atoms with Gasteiger partial charge in [-0.3, -0.25) is 14.0 Å². The Morgan fingerprint density at radius 1 is 1.29 bits per heavy atom. The predicted octanol–water partition coefficient (Wildman–Crippen LogP) is 2.33. The number of anilines is 1. The highest BCUT2D eigenvalue weighted by atomic mass is 32.1. The molecule has 2 heterocycles. The Labute approximate surface area is 141 Å². The fourth-order valence-corrected chi connectivity index (χ4v) is 3.04. The Morgan fingerprint density at radius 3 is 2.79 bits per heavy atom. The lowest BCUT2D eigenvalue weighted by Crippen LogP contribution is -2.24. The highest BCUT2D eigenvalue weighted by Crippen LogP contribution is 2.25. The third-order valence-corrected chi connectivity index (χ3v) is 4.30. The number of benzene rings is 1. The van der Waals surface area contributed by atoms with Gasteiger partial charge in [0.2, 0.25) is 0 Å². The van der Waals surface area contributed by atoms with Crippen molar-refractivity contribution >= 4 is 27.9 Å². The molecular formula is C16H15N3O4S. The van der Waals surface area contributed by atoms with Crippen LogP contribution >= 0.6 is 11.3 Å². The molecule has 0 aliphatic rings. The Bertz CT molecular complexity index is 977. The Kier molecular flexibility index (Phi) is 4.22. The van der Waals surface area contributed by atoms with Crippen LogP contribution in [0.1, 0.15) is 16.1 Å². The first-order valence-electron chi connectivity index (χ1n) is 7.05. The largest absolute Gasteiger partial charge is 0.497 e. The highest BCUT2D eigenvalue weighted by molar-refractivity contribution is 7.15. The number of thiazole rings is 1. The van der Waals surface area contributed by atoms with Gasteiger partial charge in [-0.05, 0) is 19.1 Å². The molecule has 0 spiro atoms. The standard InChI is InChI=1S/C16H15N3O4S/c1-9-13(15(21)19-6-7-24-16(19)17-9)18-14(20)11-5-4-10(22-2)8-12(11)23-3/h4-8H,1-3H3,(H,18,20). The summed E-state index contributed by atoms with van der Waals surface area (Å²) in [6.07, 6.45) is 1.62. The maximum Gasteiger partial charge on any atom is 0.282 e. The molecule has 1 aromatic carbocycles. The zero-order valence-electron chi connectivity index (χ0n) is 13.3. The summed E-state index contributed by atoms with van der Waals surface area (Å²) in [5.41, 5.74) is 0.587. The number of hydrogen-bond donors (Lipinski definition) is 1.